The molecule has 3 nitrogen and oxygen atoms in total. The monoisotopic (exact) mass is 266 g/mol. The maximum atomic E-state index is 12.9. The third kappa shape index (κ3) is 2.36. The van der Waals surface area contributed by atoms with Crippen molar-refractivity contribution >= 4 is 28.9 Å². The van der Waals surface area contributed by atoms with E-state index in [-0.39, 0.29) is 17.8 Å². The van der Waals surface area contributed by atoms with E-state index in [1.807, 2.05) is 18.7 Å². The molecule has 0 spiro atoms. The first-order valence-electron chi connectivity index (χ1n) is 5.90. The van der Waals surface area contributed by atoms with Gasteiger partial charge >= 0.3 is 0 Å². The number of amides is 1. The Balaban J connectivity index is 2.31. The smallest absolute Gasteiger partial charge is 0.235 e. The third-order valence-corrected chi connectivity index (χ3v) is 3.38. The lowest BCUT2D eigenvalue weighted by molar-refractivity contribution is -0.118. The minimum absolute atomic E-state index is 0.0384. The van der Waals surface area contributed by atoms with Crippen LogP contribution in [0.4, 0.5) is 10.1 Å². The van der Waals surface area contributed by atoms with Crippen LogP contribution in [0.3, 0.4) is 0 Å². The number of rotatable bonds is 2. The van der Waals surface area contributed by atoms with Gasteiger partial charge in [0.2, 0.25) is 5.91 Å². The van der Waals surface area contributed by atoms with Gasteiger partial charge in [0, 0.05) is 19.0 Å². The van der Waals surface area contributed by atoms with Gasteiger partial charge in [0.15, 0.2) is 5.11 Å². The second-order valence-corrected chi connectivity index (χ2v) is 4.89. The molecule has 1 aliphatic rings. The molecule has 0 saturated carbocycles. The summed E-state index contributed by atoms with van der Waals surface area (Å²) >= 11 is 5.35. The first kappa shape index (κ1) is 13.0. The van der Waals surface area contributed by atoms with Crippen LogP contribution in [0, 0.1) is 5.82 Å². The molecule has 1 fully saturated rings. The minimum atomic E-state index is -0.324. The van der Waals surface area contributed by atoms with Gasteiger partial charge in [-0.2, -0.15) is 0 Å². The molecule has 0 radical (unpaired) electrons. The van der Waals surface area contributed by atoms with Crippen LogP contribution in [0.1, 0.15) is 20.3 Å². The molecule has 18 heavy (non-hydrogen) atoms. The molecule has 0 bridgehead atoms. The van der Waals surface area contributed by atoms with Crippen LogP contribution in [-0.4, -0.2) is 28.5 Å². The van der Waals surface area contributed by atoms with E-state index in [0.29, 0.717) is 23.8 Å². The van der Waals surface area contributed by atoms with Crippen molar-refractivity contribution in [3.05, 3.63) is 30.1 Å². The quantitative estimate of drug-likeness (QED) is 0.769. The van der Waals surface area contributed by atoms with E-state index >= 15 is 0 Å². The number of hydrogen-bond donors (Lipinski definition) is 0. The second-order valence-electron chi connectivity index (χ2n) is 4.53. The molecule has 1 amide bonds. The van der Waals surface area contributed by atoms with Crippen molar-refractivity contribution in [1.29, 1.82) is 0 Å². The van der Waals surface area contributed by atoms with Crippen molar-refractivity contribution in [2.45, 2.75) is 26.3 Å². The summed E-state index contributed by atoms with van der Waals surface area (Å²) in [4.78, 5) is 15.5. The van der Waals surface area contributed by atoms with Crippen LogP contribution in [0.15, 0.2) is 24.3 Å². The predicted molar refractivity (Wildman–Crippen MR) is 72.9 cm³/mol. The van der Waals surface area contributed by atoms with Crippen LogP contribution in [0.25, 0.3) is 0 Å². The average molecular weight is 266 g/mol. The number of benzene rings is 1. The molecule has 2 rings (SSSR count). The van der Waals surface area contributed by atoms with Crippen LogP contribution >= 0.6 is 12.2 Å². The Labute approximate surface area is 111 Å². The number of anilines is 1. The molecule has 0 unspecified atom stereocenters. The summed E-state index contributed by atoms with van der Waals surface area (Å²) in [6.45, 7) is 4.71. The van der Waals surface area contributed by atoms with Gasteiger partial charge < -0.3 is 4.90 Å². The lowest BCUT2D eigenvalue weighted by Gasteiger charge is -2.39. The number of halogens is 1. The first-order chi connectivity index (χ1) is 8.50. The van der Waals surface area contributed by atoms with E-state index in [4.69, 9.17) is 12.2 Å². The third-order valence-electron chi connectivity index (χ3n) is 2.96. The fourth-order valence-electron chi connectivity index (χ4n) is 1.98. The molecular weight excluding hydrogens is 251 g/mol. The molecule has 5 heteroatoms. The van der Waals surface area contributed by atoms with Crippen molar-refractivity contribution in [2.24, 2.45) is 0 Å². The normalized spacial score (nSPS) is 16.7. The Morgan fingerprint density at radius 2 is 1.89 bits per heavy atom. The molecular formula is C13H15FN2OS. The zero-order chi connectivity index (χ0) is 13.3. The molecule has 96 valence electrons. The molecule has 0 aliphatic carbocycles. The minimum Gasteiger partial charge on any atom is -0.346 e. The van der Waals surface area contributed by atoms with E-state index in [1.54, 1.807) is 12.1 Å². The summed E-state index contributed by atoms with van der Waals surface area (Å²) in [5.74, 6) is -0.363. The van der Waals surface area contributed by atoms with Gasteiger partial charge in [-0.1, -0.05) is 0 Å². The van der Waals surface area contributed by atoms with Gasteiger partial charge in [0.1, 0.15) is 5.82 Å². The van der Waals surface area contributed by atoms with Gasteiger partial charge in [-0.25, -0.2) is 4.39 Å². The van der Waals surface area contributed by atoms with Crippen molar-refractivity contribution in [2.75, 3.05) is 11.4 Å². The Hall–Kier alpha value is -1.49. The van der Waals surface area contributed by atoms with Crippen molar-refractivity contribution < 1.29 is 9.18 Å². The van der Waals surface area contributed by atoms with Gasteiger partial charge in [-0.05, 0) is 50.3 Å². The van der Waals surface area contributed by atoms with Crippen molar-refractivity contribution in [1.82, 2.24) is 4.90 Å². The van der Waals surface area contributed by atoms with Gasteiger partial charge in [0.25, 0.3) is 0 Å². The largest absolute Gasteiger partial charge is 0.346 e. The summed E-state index contributed by atoms with van der Waals surface area (Å²) in [6.07, 6.45) is 0.426. The molecule has 1 aromatic carbocycles. The summed E-state index contributed by atoms with van der Waals surface area (Å²) in [7, 11) is 0. The summed E-state index contributed by atoms with van der Waals surface area (Å²) < 4.78 is 12.9. The van der Waals surface area contributed by atoms with Crippen LogP contribution in [0.2, 0.25) is 0 Å². The predicted octanol–water partition coefficient (Wildman–Crippen LogP) is 2.56. The van der Waals surface area contributed by atoms with Crippen LogP contribution in [-0.2, 0) is 4.79 Å². The number of nitrogens with zero attached hydrogens (tertiary/aromatic N) is 2. The number of thiocarbonyl (C=S) groups is 1. The Kier molecular flexibility index (Phi) is 3.61. The number of hydrogen-bond acceptors (Lipinski definition) is 2. The van der Waals surface area contributed by atoms with Gasteiger partial charge in [-0.3, -0.25) is 9.69 Å². The van der Waals surface area contributed by atoms with E-state index in [0.717, 1.165) is 0 Å². The topological polar surface area (TPSA) is 23.6 Å². The number of carbonyl (C=O) groups is 1. The van der Waals surface area contributed by atoms with Gasteiger partial charge in [-0.15, -0.1) is 0 Å². The van der Waals surface area contributed by atoms with Crippen molar-refractivity contribution in [3.63, 3.8) is 0 Å². The van der Waals surface area contributed by atoms with E-state index < -0.39 is 0 Å². The first-order valence-corrected chi connectivity index (χ1v) is 6.30. The summed E-state index contributed by atoms with van der Waals surface area (Å²) in [6, 6.07) is 6.06. The fraction of sp³-hybridized carbons (Fsp3) is 0.385. The highest BCUT2D eigenvalue weighted by Crippen LogP contribution is 2.22. The number of carbonyl (C=O) groups excluding carboxylic acids is 1. The standard InChI is InChI=1S/C13H15FN2OS/c1-9(2)15-8-7-12(17)16(13(15)18)11-5-3-10(14)4-6-11/h3-6,9H,7-8H2,1-2H3. The highest BCUT2D eigenvalue weighted by Gasteiger charge is 2.31. The van der Waals surface area contributed by atoms with Gasteiger partial charge in [0.05, 0.1) is 5.69 Å². The van der Waals surface area contributed by atoms with E-state index in [2.05, 4.69) is 0 Å². The zero-order valence-electron chi connectivity index (χ0n) is 10.4. The molecule has 1 aromatic rings. The summed E-state index contributed by atoms with van der Waals surface area (Å²) in [5.41, 5.74) is 0.622. The molecule has 1 aliphatic heterocycles. The average Bonchev–Trinajstić information content (AvgIpc) is 2.31. The highest BCUT2D eigenvalue weighted by atomic mass is 32.1. The molecule has 0 atom stereocenters. The Morgan fingerprint density at radius 1 is 1.28 bits per heavy atom. The maximum Gasteiger partial charge on any atom is 0.235 e. The molecule has 1 heterocycles. The second kappa shape index (κ2) is 5.02. The fourth-order valence-corrected chi connectivity index (χ4v) is 2.49. The Morgan fingerprint density at radius 3 is 2.44 bits per heavy atom. The Bertz CT molecular complexity index is 472. The molecule has 0 aromatic heterocycles. The zero-order valence-corrected chi connectivity index (χ0v) is 11.2. The lowest BCUT2D eigenvalue weighted by Crippen LogP contribution is -2.54. The van der Waals surface area contributed by atoms with E-state index in [1.165, 1.54) is 17.0 Å². The highest BCUT2D eigenvalue weighted by molar-refractivity contribution is 7.80. The lowest BCUT2D eigenvalue weighted by atomic mass is 10.2. The maximum absolute atomic E-state index is 12.9. The van der Waals surface area contributed by atoms with E-state index in [9.17, 15) is 9.18 Å². The molecule has 1 saturated heterocycles. The summed E-state index contributed by atoms with van der Waals surface area (Å²) in [5, 5.41) is 0.493. The van der Waals surface area contributed by atoms with Crippen LogP contribution in [0.5, 0.6) is 0 Å². The SMILES string of the molecule is CC(C)N1CCC(=O)N(c2ccc(F)cc2)C1=S. The molecule has 0 N–H and O–H groups in total. The van der Waals surface area contributed by atoms with Crippen molar-refractivity contribution in [3.8, 4) is 0 Å². The van der Waals surface area contributed by atoms with Crippen LogP contribution < -0.4 is 4.90 Å².